The minimum Gasteiger partial charge on any atom is -0.352 e. The Kier molecular flexibility index (Phi) is 6.85. The first-order chi connectivity index (χ1) is 12.6. The lowest BCUT2D eigenvalue weighted by Crippen LogP contribution is -2.30. The van der Waals surface area contributed by atoms with E-state index >= 15 is 0 Å². The molecule has 0 spiro atoms. The highest BCUT2D eigenvalue weighted by atomic mass is 35.5. The number of halogens is 4. The smallest absolute Gasteiger partial charge is 0.352 e. The summed E-state index contributed by atoms with van der Waals surface area (Å²) in [6.45, 7) is -0.0916. The van der Waals surface area contributed by atoms with Crippen molar-refractivity contribution in [2.24, 2.45) is 0 Å². The molecule has 10 heteroatoms. The van der Waals surface area contributed by atoms with Gasteiger partial charge in [-0.1, -0.05) is 29.8 Å². The summed E-state index contributed by atoms with van der Waals surface area (Å²) in [6.07, 6.45) is -4.54. The third-order valence-electron chi connectivity index (χ3n) is 3.52. The zero-order chi connectivity index (χ0) is 20.1. The molecule has 0 saturated heterocycles. The Morgan fingerprint density at radius 1 is 1.07 bits per heavy atom. The molecule has 0 aliphatic rings. The number of benzene rings is 2. The summed E-state index contributed by atoms with van der Waals surface area (Å²) in [5, 5.41) is 2.79. The molecular formula is C17H16ClF3N2O3S. The topological polar surface area (TPSA) is 75.3 Å². The van der Waals surface area contributed by atoms with Gasteiger partial charge in [0.15, 0.2) is 0 Å². The third kappa shape index (κ3) is 6.53. The normalized spacial score (nSPS) is 12.0. The molecule has 1 amide bonds. The molecule has 146 valence electrons. The van der Waals surface area contributed by atoms with Gasteiger partial charge in [-0.25, -0.2) is 13.1 Å². The first kappa shape index (κ1) is 21.2. The molecule has 2 aromatic carbocycles. The summed E-state index contributed by atoms with van der Waals surface area (Å²) in [4.78, 5) is 11.8. The quantitative estimate of drug-likeness (QED) is 0.721. The maximum Gasteiger partial charge on any atom is 0.416 e. The SMILES string of the molecule is O=C(CCNS(=O)(=O)c1cccc(Cl)c1)NCc1ccc(C(F)(F)F)cc1. The van der Waals surface area contributed by atoms with Crippen LogP contribution in [0.15, 0.2) is 53.4 Å². The molecule has 0 radical (unpaired) electrons. The van der Waals surface area contributed by atoms with E-state index in [0.29, 0.717) is 5.56 Å². The number of nitrogens with one attached hydrogen (secondary N) is 2. The zero-order valence-electron chi connectivity index (χ0n) is 13.9. The van der Waals surface area contributed by atoms with Crippen LogP contribution in [0.2, 0.25) is 5.02 Å². The van der Waals surface area contributed by atoms with E-state index in [-0.39, 0.29) is 29.4 Å². The number of rotatable bonds is 7. The standard InChI is InChI=1S/C17H16ClF3N2O3S/c18-14-2-1-3-15(10-14)27(25,26)23-9-8-16(24)22-11-12-4-6-13(7-5-12)17(19,20)21/h1-7,10,23H,8-9,11H2,(H,22,24). The van der Waals surface area contributed by atoms with Crippen molar-refractivity contribution < 1.29 is 26.4 Å². The second kappa shape index (κ2) is 8.73. The molecule has 5 nitrogen and oxygen atoms in total. The second-order valence-electron chi connectivity index (χ2n) is 5.58. The molecule has 0 heterocycles. The Morgan fingerprint density at radius 3 is 2.33 bits per heavy atom. The van der Waals surface area contributed by atoms with Crippen molar-refractivity contribution in [3.8, 4) is 0 Å². The van der Waals surface area contributed by atoms with Crippen LogP contribution in [0.5, 0.6) is 0 Å². The van der Waals surface area contributed by atoms with Crippen molar-refractivity contribution >= 4 is 27.5 Å². The van der Waals surface area contributed by atoms with E-state index in [2.05, 4.69) is 10.0 Å². The van der Waals surface area contributed by atoms with Gasteiger partial charge in [-0.3, -0.25) is 4.79 Å². The first-order valence-electron chi connectivity index (χ1n) is 7.76. The van der Waals surface area contributed by atoms with Crippen LogP contribution in [0.3, 0.4) is 0 Å². The van der Waals surface area contributed by atoms with E-state index in [1.165, 1.54) is 36.4 Å². The lowest BCUT2D eigenvalue weighted by Gasteiger charge is -2.09. The molecule has 0 aromatic heterocycles. The fourth-order valence-electron chi connectivity index (χ4n) is 2.12. The maximum atomic E-state index is 12.5. The van der Waals surface area contributed by atoms with Crippen LogP contribution in [-0.4, -0.2) is 20.9 Å². The summed E-state index contributed by atoms with van der Waals surface area (Å²) in [7, 11) is -3.79. The van der Waals surface area contributed by atoms with Crippen LogP contribution in [-0.2, 0) is 27.5 Å². The second-order valence-corrected chi connectivity index (χ2v) is 7.78. The molecule has 2 rings (SSSR count). The predicted octanol–water partition coefficient (Wildman–Crippen LogP) is 3.34. The highest BCUT2D eigenvalue weighted by Crippen LogP contribution is 2.29. The van der Waals surface area contributed by atoms with Crippen LogP contribution in [0, 0.1) is 0 Å². The van der Waals surface area contributed by atoms with Gasteiger partial charge in [0.2, 0.25) is 15.9 Å². The Bertz CT molecular complexity index is 900. The summed E-state index contributed by atoms with van der Waals surface area (Å²) >= 11 is 5.75. The number of amides is 1. The fourth-order valence-corrected chi connectivity index (χ4v) is 3.45. The van der Waals surface area contributed by atoms with Crippen LogP contribution in [0.4, 0.5) is 13.2 Å². The third-order valence-corrected chi connectivity index (χ3v) is 5.22. The van der Waals surface area contributed by atoms with Gasteiger partial charge >= 0.3 is 6.18 Å². The van der Waals surface area contributed by atoms with Gasteiger partial charge < -0.3 is 5.32 Å². The van der Waals surface area contributed by atoms with Crippen molar-refractivity contribution in [3.63, 3.8) is 0 Å². The first-order valence-corrected chi connectivity index (χ1v) is 9.62. The molecule has 27 heavy (non-hydrogen) atoms. The monoisotopic (exact) mass is 420 g/mol. The Morgan fingerprint density at radius 2 is 1.74 bits per heavy atom. The van der Waals surface area contributed by atoms with E-state index < -0.39 is 27.7 Å². The number of alkyl halides is 3. The van der Waals surface area contributed by atoms with E-state index in [9.17, 15) is 26.4 Å². The molecule has 0 atom stereocenters. The van der Waals surface area contributed by atoms with Gasteiger partial charge in [-0.15, -0.1) is 0 Å². The summed E-state index contributed by atoms with van der Waals surface area (Å²) < 4.78 is 63.9. The summed E-state index contributed by atoms with van der Waals surface area (Å²) in [5.41, 5.74) is -0.274. The Balaban J connectivity index is 1.79. The largest absolute Gasteiger partial charge is 0.416 e. The van der Waals surface area contributed by atoms with Gasteiger partial charge in [-0.05, 0) is 35.9 Å². The van der Waals surface area contributed by atoms with Gasteiger partial charge in [-0.2, -0.15) is 13.2 Å². The highest BCUT2D eigenvalue weighted by Gasteiger charge is 2.29. The number of carbonyl (C=O) groups is 1. The highest BCUT2D eigenvalue weighted by molar-refractivity contribution is 7.89. The average Bonchev–Trinajstić information content (AvgIpc) is 2.59. The van der Waals surface area contributed by atoms with Crippen molar-refractivity contribution in [1.29, 1.82) is 0 Å². The molecule has 2 aromatic rings. The van der Waals surface area contributed by atoms with E-state index in [1.54, 1.807) is 0 Å². The number of carbonyl (C=O) groups excluding carboxylic acids is 1. The van der Waals surface area contributed by atoms with Crippen molar-refractivity contribution in [1.82, 2.24) is 10.0 Å². The van der Waals surface area contributed by atoms with Crippen molar-refractivity contribution in [2.45, 2.75) is 24.0 Å². The molecule has 0 saturated carbocycles. The maximum absolute atomic E-state index is 12.5. The number of hydrogen-bond donors (Lipinski definition) is 2. The van der Waals surface area contributed by atoms with Crippen LogP contribution in [0.1, 0.15) is 17.5 Å². The average molecular weight is 421 g/mol. The molecular weight excluding hydrogens is 405 g/mol. The molecule has 0 unspecified atom stereocenters. The lowest BCUT2D eigenvalue weighted by atomic mass is 10.1. The Hall–Kier alpha value is -2.10. The van der Waals surface area contributed by atoms with Gasteiger partial charge in [0, 0.05) is 24.5 Å². The van der Waals surface area contributed by atoms with Crippen LogP contribution < -0.4 is 10.0 Å². The van der Waals surface area contributed by atoms with Crippen molar-refractivity contribution in [2.75, 3.05) is 6.54 Å². The van der Waals surface area contributed by atoms with Gasteiger partial charge in [0.05, 0.1) is 10.5 Å². The zero-order valence-corrected chi connectivity index (χ0v) is 15.5. The molecule has 2 N–H and O–H groups in total. The predicted molar refractivity (Wildman–Crippen MR) is 94.5 cm³/mol. The van der Waals surface area contributed by atoms with Crippen LogP contribution >= 0.6 is 11.6 Å². The summed E-state index contributed by atoms with van der Waals surface area (Å²) in [6, 6.07) is 10.1. The summed E-state index contributed by atoms with van der Waals surface area (Å²) in [5.74, 6) is -0.441. The number of sulfonamides is 1. The van der Waals surface area contributed by atoms with Gasteiger partial charge in [0.25, 0.3) is 0 Å². The minimum atomic E-state index is -4.41. The minimum absolute atomic E-state index is 0.0137. The van der Waals surface area contributed by atoms with E-state index in [4.69, 9.17) is 11.6 Å². The van der Waals surface area contributed by atoms with E-state index in [0.717, 1.165) is 12.1 Å². The number of hydrogen-bond acceptors (Lipinski definition) is 3. The van der Waals surface area contributed by atoms with Gasteiger partial charge in [0.1, 0.15) is 0 Å². The lowest BCUT2D eigenvalue weighted by molar-refractivity contribution is -0.137. The Labute approximate surface area is 159 Å². The van der Waals surface area contributed by atoms with Crippen LogP contribution in [0.25, 0.3) is 0 Å². The molecule has 0 aliphatic carbocycles. The molecule has 0 aliphatic heterocycles. The van der Waals surface area contributed by atoms with Crippen molar-refractivity contribution in [3.05, 3.63) is 64.7 Å². The molecule has 0 fully saturated rings. The molecule has 0 bridgehead atoms. The van der Waals surface area contributed by atoms with E-state index in [1.807, 2.05) is 0 Å². The fraction of sp³-hybridized carbons (Fsp3) is 0.235.